The van der Waals surface area contributed by atoms with E-state index in [9.17, 15) is 8.42 Å². The molecular formula is C23H30N6O2S. The lowest BCUT2D eigenvalue weighted by Gasteiger charge is -2.38. The Morgan fingerprint density at radius 1 is 0.906 bits per heavy atom. The molecule has 0 saturated carbocycles. The van der Waals surface area contributed by atoms with Crippen LogP contribution < -0.4 is 0 Å². The molecule has 8 nitrogen and oxygen atoms in total. The lowest BCUT2D eigenvalue weighted by Crippen LogP contribution is -2.48. The fourth-order valence-electron chi connectivity index (χ4n) is 4.09. The number of tetrazole rings is 1. The molecule has 4 rings (SSSR count). The van der Waals surface area contributed by atoms with Crippen LogP contribution in [0.5, 0.6) is 0 Å². The van der Waals surface area contributed by atoms with E-state index in [4.69, 9.17) is 0 Å². The van der Waals surface area contributed by atoms with E-state index >= 15 is 0 Å². The van der Waals surface area contributed by atoms with Crippen LogP contribution in [0.2, 0.25) is 0 Å². The van der Waals surface area contributed by atoms with E-state index < -0.39 is 9.84 Å². The molecule has 0 amide bonds. The van der Waals surface area contributed by atoms with Gasteiger partial charge in [0.15, 0.2) is 21.5 Å². The second kappa shape index (κ2) is 9.48. The molecule has 1 aliphatic heterocycles. The molecule has 1 aromatic heterocycles. The highest BCUT2D eigenvalue weighted by Crippen LogP contribution is 2.29. The van der Waals surface area contributed by atoms with Crippen molar-refractivity contribution in [2.75, 3.05) is 32.7 Å². The maximum atomic E-state index is 13.1. The van der Waals surface area contributed by atoms with Crippen molar-refractivity contribution in [3.63, 3.8) is 0 Å². The van der Waals surface area contributed by atoms with Crippen molar-refractivity contribution in [2.45, 2.75) is 37.6 Å². The van der Waals surface area contributed by atoms with Gasteiger partial charge in [-0.3, -0.25) is 4.90 Å². The molecule has 0 aliphatic carbocycles. The molecule has 170 valence electrons. The molecule has 1 unspecified atom stereocenters. The first-order valence-corrected chi connectivity index (χ1v) is 12.6. The Balaban J connectivity index is 1.68. The van der Waals surface area contributed by atoms with Gasteiger partial charge in [0.2, 0.25) is 0 Å². The quantitative estimate of drug-likeness (QED) is 0.542. The Kier molecular flexibility index (Phi) is 6.68. The molecule has 2 aromatic carbocycles. The molecule has 2 heterocycles. The zero-order valence-electron chi connectivity index (χ0n) is 18.8. The lowest BCUT2D eigenvalue weighted by atomic mass is 10.0. The first kappa shape index (κ1) is 22.6. The summed E-state index contributed by atoms with van der Waals surface area (Å²) in [6.07, 6.45) is 0. The van der Waals surface area contributed by atoms with Gasteiger partial charge in [-0.1, -0.05) is 54.4 Å². The number of rotatable bonds is 7. The third-order valence-electron chi connectivity index (χ3n) is 6.09. The number of likely N-dealkylation sites (N-methyl/N-ethyl adjacent to an activating group) is 1. The molecule has 0 spiro atoms. The minimum absolute atomic E-state index is 0.210. The number of hydrogen-bond donors (Lipinski definition) is 0. The fraction of sp³-hybridized carbons (Fsp3) is 0.435. The Hall–Kier alpha value is -2.62. The molecule has 32 heavy (non-hydrogen) atoms. The van der Waals surface area contributed by atoms with Crippen molar-refractivity contribution in [2.24, 2.45) is 0 Å². The Bertz CT molecular complexity index is 1130. The first-order chi connectivity index (χ1) is 15.4. The molecule has 0 radical (unpaired) electrons. The van der Waals surface area contributed by atoms with E-state index in [0.717, 1.165) is 43.9 Å². The van der Waals surface area contributed by atoms with Crippen LogP contribution in [0.4, 0.5) is 0 Å². The summed E-state index contributed by atoms with van der Waals surface area (Å²) in [5, 5.41) is 12.2. The Morgan fingerprint density at radius 3 is 2.09 bits per heavy atom. The van der Waals surface area contributed by atoms with Crippen LogP contribution in [0.1, 0.15) is 35.5 Å². The van der Waals surface area contributed by atoms with E-state index in [2.05, 4.69) is 63.4 Å². The fourth-order valence-corrected chi connectivity index (χ4v) is 5.30. The number of sulfone groups is 1. The summed E-state index contributed by atoms with van der Waals surface area (Å²) in [7, 11) is -3.59. The van der Waals surface area contributed by atoms with Crippen molar-refractivity contribution in [3.8, 4) is 0 Å². The van der Waals surface area contributed by atoms with Crippen molar-refractivity contribution < 1.29 is 8.42 Å². The zero-order valence-corrected chi connectivity index (χ0v) is 19.7. The van der Waals surface area contributed by atoms with Crippen LogP contribution in [-0.4, -0.2) is 71.1 Å². The smallest absolute Gasteiger partial charge is 0.198 e. The minimum Gasteiger partial charge on any atom is -0.301 e. The molecule has 0 bridgehead atoms. The van der Waals surface area contributed by atoms with Gasteiger partial charge in [0.05, 0.1) is 10.9 Å². The topological polar surface area (TPSA) is 84.2 Å². The van der Waals surface area contributed by atoms with Gasteiger partial charge in [-0.05, 0) is 48.5 Å². The predicted molar refractivity (Wildman–Crippen MR) is 123 cm³/mol. The minimum atomic E-state index is -3.59. The highest BCUT2D eigenvalue weighted by Gasteiger charge is 2.31. The summed E-state index contributed by atoms with van der Waals surface area (Å²) in [5.41, 5.74) is 3.24. The summed E-state index contributed by atoms with van der Waals surface area (Å²) in [5.74, 6) is 0.255. The Morgan fingerprint density at radius 2 is 1.50 bits per heavy atom. The monoisotopic (exact) mass is 454 g/mol. The number of benzene rings is 2. The highest BCUT2D eigenvalue weighted by atomic mass is 32.2. The van der Waals surface area contributed by atoms with Crippen molar-refractivity contribution in [3.05, 3.63) is 71.0 Å². The van der Waals surface area contributed by atoms with E-state index in [1.54, 1.807) is 24.3 Å². The first-order valence-electron chi connectivity index (χ1n) is 11.0. The number of aromatic nitrogens is 4. The number of aryl methyl sites for hydroxylation is 2. The van der Waals surface area contributed by atoms with Crippen LogP contribution in [-0.2, 0) is 15.7 Å². The third-order valence-corrected chi connectivity index (χ3v) is 7.66. The molecule has 9 heteroatoms. The summed E-state index contributed by atoms with van der Waals surface area (Å²) in [4.78, 5) is 5.03. The number of piperazine rings is 1. The van der Waals surface area contributed by atoms with Gasteiger partial charge in [-0.15, -0.1) is 5.10 Å². The van der Waals surface area contributed by atoms with Crippen molar-refractivity contribution in [1.29, 1.82) is 0 Å². The van der Waals surface area contributed by atoms with Crippen LogP contribution in [0.3, 0.4) is 0 Å². The molecule has 1 fully saturated rings. The molecule has 1 saturated heterocycles. The molecule has 1 atom stereocenters. The Labute approximate surface area is 189 Å². The molecule has 3 aromatic rings. The van der Waals surface area contributed by atoms with E-state index in [1.165, 1.54) is 10.2 Å². The predicted octanol–water partition coefficient (Wildman–Crippen LogP) is 2.45. The van der Waals surface area contributed by atoms with E-state index in [1.807, 2.05) is 6.92 Å². The van der Waals surface area contributed by atoms with Crippen LogP contribution in [0.15, 0.2) is 53.4 Å². The number of hydrogen-bond acceptors (Lipinski definition) is 7. The van der Waals surface area contributed by atoms with Crippen LogP contribution in [0.25, 0.3) is 0 Å². The average Bonchev–Trinajstić information content (AvgIpc) is 3.23. The average molecular weight is 455 g/mol. The highest BCUT2D eigenvalue weighted by molar-refractivity contribution is 7.90. The van der Waals surface area contributed by atoms with Gasteiger partial charge < -0.3 is 4.90 Å². The van der Waals surface area contributed by atoms with Gasteiger partial charge in [0, 0.05) is 26.2 Å². The van der Waals surface area contributed by atoms with Gasteiger partial charge in [0.1, 0.15) is 0 Å². The van der Waals surface area contributed by atoms with E-state index in [-0.39, 0.29) is 16.8 Å². The summed E-state index contributed by atoms with van der Waals surface area (Å²) in [6, 6.07) is 15.0. The standard InChI is InChI=1S/C23H30N6O2S/c1-4-27-13-15-28(16-14-27)22(20-9-5-18(2)6-10-20)23-24-25-26-29(23)17-32(30,31)21-11-7-19(3)8-12-21/h5-12,22H,4,13-17H2,1-3H3. The second-order valence-electron chi connectivity index (χ2n) is 8.38. The van der Waals surface area contributed by atoms with Gasteiger partial charge in [0.25, 0.3) is 0 Å². The lowest BCUT2D eigenvalue weighted by molar-refractivity contribution is 0.109. The SMILES string of the molecule is CCN1CCN(C(c2ccc(C)cc2)c2nnnn2CS(=O)(=O)c2ccc(C)cc2)CC1. The second-order valence-corrected chi connectivity index (χ2v) is 10.3. The summed E-state index contributed by atoms with van der Waals surface area (Å²) < 4.78 is 27.6. The molecular weight excluding hydrogens is 424 g/mol. The summed E-state index contributed by atoms with van der Waals surface area (Å²) >= 11 is 0. The van der Waals surface area contributed by atoms with Gasteiger partial charge >= 0.3 is 0 Å². The van der Waals surface area contributed by atoms with Gasteiger partial charge in [-0.2, -0.15) is 0 Å². The molecule has 0 N–H and O–H groups in total. The van der Waals surface area contributed by atoms with Gasteiger partial charge in [-0.25, -0.2) is 13.1 Å². The van der Waals surface area contributed by atoms with Crippen LogP contribution >= 0.6 is 0 Å². The normalized spacial score (nSPS) is 16.8. The zero-order chi connectivity index (χ0) is 22.7. The van der Waals surface area contributed by atoms with Crippen LogP contribution in [0, 0.1) is 13.8 Å². The van der Waals surface area contributed by atoms with E-state index in [0.29, 0.717) is 5.82 Å². The molecule has 1 aliphatic rings. The largest absolute Gasteiger partial charge is 0.301 e. The third kappa shape index (κ3) is 4.90. The maximum Gasteiger partial charge on any atom is 0.198 e. The number of nitrogens with zero attached hydrogens (tertiary/aromatic N) is 6. The summed E-state index contributed by atoms with van der Waals surface area (Å²) in [6.45, 7) is 10.8. The maximum absolute atomic E-state index is 13.1. The van der Waals surface area contributed by atoms with Crippen molar-refractivity contribution in [1.82, 2.24) is 30.0 Å². The van der Waals surface area contributed by atoms with Crippen molar-refractivity contribution >= 4 is 9.84 Å².